The summed E-state index contributed by atoms with van der Waals surface area (Å²) in [5.41, 5.74) is 1.51. The van der Waals surface area contributed by atoms with Gasteiger partial charge in [-0.15, -0.1) is 0 Å². The molecule has 4 rings (SSSR count). The van der Waals surface area contributed by atoms with Crippen molar-refractivity contribution in [3.05, 3.63) is 95.6 Å². The molecule has 0 spiro atoms. The number of likely N-dealkylation sites (tertiary alicyclic amines) is 1. The molecule has 0 saturated carbocycles. The van der Waals surface area contributed by atoms with Gasteiger partial charge in [0.15, 0.2) is 0 Å². The Morgan fingerprint density at radius 1 is 0.906 bits per heavy atom. The van der Waals surface area contributed by atoms with E-state index in [0.717, 1.165) is 42.1 Å². The van der Waals surface area contributed by atoms with E-state index in [0.29, 0.717) is 12.4 Å². The summed E-state index contributed by atoms with van der Waals surface area (Å²) in [6.45, 7) is 5.74. The van der Waals surface area contributed by atoms with E-state index in [1.807, 2.05) is 61.5 Å². The minimum Gasteiger partial charge on any atom is -0.496 e. The maximum Gasteiger partial charge on any atom is 0.130 e. The summed E-state index contributed by atoms with van der Waals surface area (Å²) in [5, 5.41) is 12.7. The zero-order valence-corrected chi connectivity index (χ0v) is 19.1. The van der Waals surface area contributed by atoms with Crippen LogP contribution in [0.2, 0.25) is 0 Å². The van der Waals surface area contributed by atoms with Crippen molar-refractivity contribution in [1.82, 2.24) is 0 Å². The summed E-state index contributed by atoms with van der Waals surface area (Å²) in [7, 11) is 1.67. The Kier molecular flexibility index (Phi) is 7.13. The Morgan fingerprint density at radius 3 is 2.22 bits per heavy atom. The molecule has 3 aromatic carbocycles. The third-order valence-electron chi connectivity index (χ3n) is 6.63. The molecule has 0 bridgehead atoms. The number of para-hydroxylation sites is 1. The smallest absolute Gasteiger partial charge is 0.130 e. The lowest BCUT2D eigenvalue weighted by molar-refractivity contribution is -0.889. The van der Waals surface area contributed by atoms with Crippen LogP contribution in [0.1, 0.15) is 42.4 Å². The predicted molar refractivity (Wildman–Crippen MR) is 128 cm³/mol. The van der Waals surface area contributed by atoms with Crippen molar-refractivity contribution in [3.8, 4) is 11.5 Å². The fourth-order valence-electron chi connectivity index (χ4n) is 5.04. The van der Waals surface area contributed by atoms with Crippen molar-refractivity contribution in [1.29, 1.82) is 0 Å². The van der Waals surface area contributed by atoms with Crippen LogP contribution >= 0.6 is 0 Å². The van der Waals surface area contributed by atoms with Crippen molar-refractivity contribution in [2.75, 3.05) is 33.4 Å². The van der Waals surface area contributed by atoms with E-state index in [4.69, 9.17) is 9.47 Å². The lowest BCUT2D eigenvalue weighted by Crippen LogP contribution is -3.10. The summed E-state index contributed by atoms with van der Waals surface area (Å²) in [5.74, 6) is 1.37. The van der Waals surface area contributed by atoms with Gasteiger partial charge in [-0.1, -0.05) is 60.7 Å². The quantitative estimate of drug-likeness (QED) is 0.541. The van der Waals surface area contributed by atoms with Gasteiger partial charge in [-0.25, -0.2) is 0 Å². The summed E-state index contributed by atoms with van der Waals surface area (Å²) in [6, 6.07) is 26.1. The number of methoxy groups -OCH3 is 1. The fraction of sp³-hybridized carbons (Fsp3) is 0.357. The third kappa shape index (κ3) is 4.52. The molecule has 32 heavy (non-hydrogen) atoms. The van der Waals surface area contributed by atoms with Gasteiger partial charge >= 0.3 is 0 Å². The molecular formula is C28H34NO3+. The van der Waals surface area contributed by atoms with Crippen molar-refractivity contribution in [3.63, 3.8) is 0 Å². The highest BCUT2D eigenvalue weighted by Crippen LogP contribution is 2.45. The Morgan fingerprint density at radius 2 is 1.56 bits per heavy atom. The van der Waals surface area contributed by atoms with Crippen LogP contribution in [-0.4, -0.2) is 38.5 Å². The van der Waals surface area contributed by atoms with E-state index in [1.54, 1.807) is 7.11 Å². The molecule has 1 aliphatic rings. The van der Waals surface area contributed by atoms with Crippen LogP contribution in [-0.2, 0) is 5.60 Å². The first-order valence-electron chi connectivity index (χ1n) is 11.6. The monoisotopic (exact) mass is 432 g/mol. The average Bonchev–Trinajstić information content (AvgIpc) is 3.37. The minimum atomic E-state index is -1.26. The first-order valence-corrected chi connectivity index (χ1v) is 11.6. The number of ether oxygens (including phenoxy) is 2. The second-order valence-corrected chi connectivity index (χ2v) is 8.55. The summed E-state index contributed by atoms with van der Waals surface area (Å²) >= 11 is 0. The van der Waals surface area contributed by atoms with Crippen molar-refractivity contribution in [2.24, 2.45) is 0 Å². The number of aliphatic hydroxyl groups is 1. The molecule has 1 aliphatic heterocycles. The average molecular weight is 433 g/mol. The lowest BCUT2D eigenvalue weighted by Gasteiger charge is -2.39. The molecule has 4 nitrogen and oxygen atoms in total. The second kappa shape index (κ2) is 10.2. The number of rotatable bonds is 9. The van der Waals surface area contributed by atoms with E-state index in [2.05, 4.69) is 24.3 Å². The predicted octanol–water partition coefficient (Wildman–Crippen LogP) is 3.79. The van der Waals surface area contributed by atoms with Crippen molar-refractivity contribution >= 4 is 0 Å². The summed E-state index contributed by atoms with van der Waals surface area (Å²) in [4.78, 5) is 1.54. The van der Waals surface area contributed by atoms with Gasteiger partial charge in [0.25, 0.3) is 0 Å². The first kappa shape index (κ1) is 22.4. The van der Waals surface area contributed by atoms with Crippen molar-refractivity contribution < 1.29 is 19.5 Å². The number of quaternary nitrogens is 1. The number of benzene rings is 3. The Bertz CT molecular complexity index is 983. The highest BCUT2D eigenvalue weighted by molar-refractivity contribution is 5.49. The van der Waals surface area contributed by atoms with E-state index in [1.165, 1.54) is 17.7 Å². The maximum atomic E-state index is 12.7. The van der Waals surface area contributed by atoms with Crippen LogP contribution in [0.5, 0.6) is 11.5 Å². The third-order valence-corrected chi connectivity index (χ3v) is 6.63. The number of hydrogen-bond donors (Lipinski definition) is 2. The zero-order valence-electron chi connectivity index (χ0n) is 19.1. The normalized spacial score (nSPS) is 17.0. The molecule has 1 saturated heterocycles. The Hall–Kier alpha value is -2.82. The molecule has 0 aliphatic carbocycles. The SMILES string of the molecule is CCOc1ccc([C@](O)(c2ccccc2OC)[C@@H](C[NH+]2CCCC2)c2ccccc2)cc1. The standard InChI is InChI=1S/C28H33NO3/c1-3-32-24-17-15-23(16-18-24)28(30,25-13-7-8-14-27(25)31-2)26(21-29-19-9-10-20-29)22-11-5-4-6-12-22/h4-8,11-18,26,30H,3,9-10,19-21H2,1-2H3/p+1/t26-,28-/m0/s1. The maximum absolute atomic E-state index is 12.7. The molecule has 2 N–H and O–H groups in total. The fourth-order valence-corrected chi connectivity index (χ4v) is 5.04. The molecule has 0 radical (unpaired) electrons. The van der Waals surface area contributed by atoms with Crippen LogP contribution < -0.4 is 14.4 Å². The van der Waals surface area contributed by atoms with Gasteiger partial charge < -0.3 is 19.5 Å². The molecule has 1 heterocycles. The van der Waals surface area contributed by atoms with Gasteiger partial charge in [-0.3, -0.25) is 0 Å². The minimum absolute atomic E-state index is 0.133. The van der Waals surface area contributed by atoms with Gasteiger partial charge in [0.2, 0.25) is 0 Å². The van der Waals surface area contributed by atoms with Crippen LogP contribution in [0.4, 0.5) is 0 Å². The Balaban J connectivity index is 1.89. The Labute approximate surface area is 191 Å². The lowest BCUT2D eigenvalue weighted by atomic mass is 9.72. The summed E-state index contributed by atoms with van der Waals surface area (Å²) in [6.07, 6.45) is 2.49. The molecular weight excluding hydrogens is 398 g/mol. The molecule has 2 atom stereocenters. The summed E-state index contributed by atoms with van der Waals surface area (Å²) < 4.78 is 11.4. The highest BCUT2D eigenvalue weighted by atomic mass is 16.5. The van der Waals surface area contributed by atoms with E-state index in [9.17, 15) is 5.11 Å². The van der Waals surface area contributed by atoms with Crippen LogP contribution in [0, 0.1) is 0 Å². The molecule has 0 aromatic heterocycles. The van der Waals surface area contributed by atoms with E-state index in [-0.39, 0.29) is 5.92 Å². The van der Waals surface area contributed by atoms with Gasteiger partial charge in [0.1, 0.15) is 17.1 Å². The van der Waals surface area contributed by atoms with Gasteiger partial charge in [-0.2, -0.15) is 0 Å². The topological polar surface area (TPSA) is 43.1 Å². The molecule has 3 aromatic rings. The molecule has 4 heteroatoms. The van der Waals surface area contributed by atoms with Gasteiger partial charge in [0, 0.05) is 18.4 Å². The van der Waals surface area contributed by atoms with Crippen LogP contribution in [0.25, 0.3) is 0 Å². The molecule has 168 valence electrons. The highest BCUT2D eigenvalue weighted by Gasteiger charge is 2.45. The molecule has 0 unspecified atom stereocenters. The largest absolute Gasteiger partial charge is 0.496 e. The van der Waals surface area contributed by atoms with E-state index < -0.39 is 5.60 Å². The van der Waals surface area contributed by atoms with Gasteiger partial charge in [-0.05, 0) is 36.2 Å². The second-order valence-electron chi connectivity index (χ2n) is 8.55. The molecule has 1 fully saturated rings. The van der Waals surface area contributed by atoms with Crippen LogP contribution in [0.15, 0.2) is 78.9 Å². The van der Waals surface area contributed by atoms with E-state index >= 15 is 0 Å². The first-order chi connectivity index (χ1) is 15.7. The molecule has 0 amide bonds. The van der Waals surface area contributed by atoms with Crippen LogP contribution in [0.3, 0.4) is 0 Å². The zero-order chi connectivity index (χ0) is 22.4. The van der Waals surface area contributed by atoms with Crippen molar-refractivity contribution in [2.45, 2.75) is 31.3 Å². The van der Waals surface area contributed by atoms with Gasteiger partial charge in [0.05, 0.1) is 39.3 Å². The number of hydrogen-bond acceptors (Lipinski definition) is 3. The number of nitrogens with one attached hydrogen (secondary N) is 1.